The molecule has 1 saturated heterocycles. The van der Waals surface area contributed by atoms with E-state index in [2.05, 4.69) is 30.2 Å². The van der Waals surface area contributed by atoms with Crippen LogP contribution in [0.4, 0.5) is 5.82 Å². The molecule has 2 aliphatic rings. The molecule has 0 radical (unpaired) electrons. The summed E-state index contributed by atoms with van der Waals surface area (Å²) in [5.74, 6) is -0.611. The Bertz CT molecular complexity index is 1380. The van der Waals surface area contributed by atoms with Gasteiger partial charge in [-0.15, -0.1) is 5.11 Å². The number of hydrogen-bond donors (Lipinski definition) is 3. The van der Waals surface area contributed by atoms with Crippen LogP contribution in [0.15, 0.2) is 51.9 Å². The SMILES string of the molecule is CCOC(=O)C(Cc1ccccc1)(OC[C@H]1O[C@@H](n2cnc3c(N)nc(Cl)nc32)[C@H](O)[C@@H]1O)C1=NCN=N1. The fourth-order valence-corrected chi connectivity index (χ4v) is 4.57. The van der Waals surface area contributed by atoms with Crippen molar-refractivity contribution in [3.63, 3.8) is 0 Å². The summed E-state index contributed by atoms with van der Waals surface area (Å²) in [7, 11) is 0. The van der Waals surface area contributed by atoms with Crippen LogP contribution in [0, 0.1) is 0 Å². The maximum atomic E-state index is 13.3. The van der Waals surface area contributed by atoms with Gasteiger partial charge in [0.1, 0.15) is 23.8 Å². The Hall–Kier alpha value is -3.56. The van der Waals surface area contributed by atoms with E-state index in [1.54, 1.807) is 6.92 Å². The van der Waals surface area contributed by atoms with E-state index >= 15 is 0 Å². The average molecular weight is 545 g/mol. The molecule has 15 heteroatoms. The molecular weight excluding hydrogens is 520 g/mol. The highest BCUT2D eigenvalue weighted by Crippen LogP contribution is 2.34. The van der Waals surface area contributed by atoms with Crippen LogP contribution in [-0.4, -0.2) is 85.3 Å². The number of amidine groups is 1. The summed E-state index contributed by atoms with van der Waals surface area (Å²) < 4.78 is 18.9. The zero-order chi connectivity index (χ0) is 26.9. The average Bonchev–Trinajstić information content (AvgIpc) is 3.64. The van der Waals surface area contributed by atoms with Crippen LogP contribution < -0.4 is 5.73 Å². The summed E-state index contributed by atoms with van der Waals surface area (Å²) in [5.41, 5.74) is 5.34. The topological polar surface area (TPSA) is 192 Å². The lowest BCUT2D eigenvalue weighted by atomic mass is 9.92. The highest BCUT2D eigenvalue weighted by molar-refractivity contribution is 6.28. The van der Waals surface area contributed by atoms with Crippen molar-refractivity contribution in [2.75, 3.05) is 25.6 Å². The maximum absolute atomic E-state index is 13.3. The summed E-state index contributed by atoms with van der Waals surface area (Å²) in [5, 5.41) is 29.5. The molecule has 1 aromatic carbocycles. The molecule has 0 amide bonds. The van der Waals surface area contributed by atoms with Gasteiger partial charge in [-0.2, -0.15) is 15.1 Å². The molecule has 4 N–H and O–H groups in total. The van der Waals surface area contributed by atoms with Crippen molar-refractivity contribution in [3.05, 3.63) is 47.5 Å². The molecule has 2 aromatic heterocycles. The predicted octanol–water partition coefficient (Wildman–Crippen LogP) is 1.06. The summed E-state index contributed by atoms with van der Waals surface area (Å²) in [6, 6.07) is 9.15. The number of aliphatic hydroxyl groups excluding tert-OH is 2. The van der Waals surface area contributed by atoms with Crippen LogP contribution in [-0.2, 0) is 25.4 Å². The summed E-state index contributed by atoms with van der Waals surface area (Å²) in [4.78, 5) is 29.7. The number of aliphatic hydroxyl groups is 2. The third kappa shape index (κ3) is 4.72. The highest BCUT2D eigenvalue weighted by atomic mass is 35.5. The molecule has 38 heavy (non-hydrogen) atoms. The Morgan fingerprint density at radius 1 is 1.26 bits per heavy atom. The number of anilines is 1. The Kier molecular flexibility index (Phi) is 7.32. The number of halogens is 1. The number of azo groups is 1. The van der Waals surface area contributed by atoms with E-state index in [9.17, 15) is 15.0 Å². The Morgan fingerprint density at radius 3 is 2.76 bits per heavy atom. The maximum Gasteiger partial charge on any atom is 0.346 e. The molecule has 1 fully saturated rings. The standard InChI is InChI=1S/C23H25ClN8O6/c1-2-36-21(35)23(20-26-10-28-31-20,8-12-6-4-3-5-7-12)37-9-13-15(33)16(34)19(38-13)32-11-27-14-17(25)29-22(24)30-18(14)32/h3-7,11,13,15-16,19,33-34H,2,8-10H2,1H3,(H2,25,29,30)/t13-,15-,16-,19-,23?/m1/s1. The number of aromatic nitrogens is 4. The second kappa shape index (κ2) is 10.7. The first-order chi connectivity index (χ1) is 18.3. The van der Waals surface area contributed by atoms with E-state index in [1.807, 2.05) is 30.3 Å². The number of esters is 1. The molecule has 0 saturated carbocycles. The molecule has 5 rings (SSSR count). The number of imidazole rings is 1. The summed E-state index contributed by atoms with van der Waals surface area (Å²) in [6.45, 7) is 1.48. The number of nitrogens with zero attached hydrogens (tertiary/aromatic N) is 7. The second-order valence-corrected chi connectivity index (χ2v) is 8.97. The minimum absolute atomic E-state index is 0.0409. The molecule has 0 aliphatic carbocycles. The first-order valence-corrected chi connectivity index (χ1v) is 12.2. The van der Waals surface area contributed by atoms with Crippen LogP contribution in [0.2, 0.25) is 5.28 Å². The summed E-state index contributed by atoms with van der Waals surface area (Å²) >= 11 is 5.95. The minimum Gasteiger partial charge on any atom is -0.463 e. The Labute approximate surface area is 221 Å². The molecule has 0 bridgehead atoms. The zero-order valence-corrected chi connectivity index (χ0v) is 21.0. The minimum atomic E-state index is -1.76. The van der Waals surface area contributed by atoms with Gasteiger partial charge in [0.2, 0.25) is 10.9 Å². The summed E-state index contributed by atoms with van der Waals surface area (Å²) in [6.07, 6.45) is -3.57. The zero-order valence-electron chi connectivity index (χ0n) is 20.2. The van der Waals surface area contributed by atoms with Gasteiger partial charge in [0.05, 0.1) is 19.5 Å². The number of carbonyl (C=O) groups is 1. The highest BCUT2D eigenvalue weighted by Gasteiger charge is 2.51. The van der Waals surface area contributed by atoms with Crippen LogP contribution in [0.1, 0.15) is 18.7 Å². The lowest BCUT2D eigenvalue weighted by Gasteiger charge is -2.31. The van der Waals surface area contributed by atoms with Gasteiger partial charge in [0.15, 0.2) is 30.2 Å². The van der Waals surface area contributed by atoms with Crippen molar-refractivity contribution >= 4 is 40.4 Å². The van der Waals surface area contributed by atoms with E-state index in [0.29, 0.717) is 0 Å². The quantitative estimate of drug-likeness (QED) is 0.259. The Morgan fingerprint density at radius 2 is 2.05 bits per heavy atom. The fraction of sp³-hybridized carbons (Fsp3) is 0.435. The second-order valence-electron chi connectivity index (χ2n) is 8.63. The monoisotopic (exact) mass is 544 g/mol. The third-order valence-electron chi connectivity index (χ3n) is 6.24. The van der Waals surface area contributed by atoms with E-state index in [0.717, 1.165) is 5.56 Å². The largest absolute Gasteiger partial charge is 0.463 e. The van der Waals surface area contributed by atoms with Crippen molar-refractivity contribution in [2.45, 2.75) is 43.5 Å². The van der Waals surface area contributed by atoms with Crippen LogP contribution in [0.5, 0.6) is 0 Å². The number of carbonyl (C=O) groups excluding carboxylic acids is 1. The molecule has 2 aliphatic heterocycles. The molecule has 0 spiro atoms. The molecule has 14 nitrogen and oxygen atoms in total. The molecule has 4 heterocycles. The smallest absolute Gasteiger partial charge is 0.346 e. The lowest BCUT2D eigenvalue weighted by Crippen LogP contribution is -2.53. The van der Waals surface area contributed by atoms with Gasteiger partial charge in [-0.3, -0.25) is 4.57 Å². The predicted molar refractivity (Wildman–Crippen MR) is 133 cm³/mol. The van der Waals surface area contributed by atoms with Gasteiger partial charge in [0.25, 0.3) is 0 Å². The van der Waals surface area contributed by atoms with Crippen molar-refractivity contribution in [3.8, 4) is 0 Å². The van der Waals surface area contributed by atoms with Crippen molar-refractivity contribution in [2.24, 2.45) is 15.2 Å². The molecule has 3 aromatic rings. The van der Waals surface area contributed by atoms with E-state index in [-0.39, 0.29) is 54.4 Å². The Balaban J connectivity index is 1.43. The molecule has 5 atom stereocenters. The number of fused-ring (bicyclic) bond motifs is 1. The number of ether oxygens (including phenoxy) is 3. The van der Waals surface area contributed by atoms with Gasteiger partial charge in [-0.1, -0.05) is 30.3 Å². The van der Waals surface area contributed by atoms with Crippen LogP contribution in [0.25, 0.3) is 11.2 Å². The number of benzene rings is 1. The van der Waals surface area contributed by atoms with Crippen molar-refractivity contribution < 1.29 is 29.2 Å². The number of aliphatic imine (C=N–C) groups is 1. The van der Waals surface area contributed by atoms with Gasteiger partial charge in [-0.25, -0.2) is 14.8 Å². The molecular formula is C23H25ClN8O6. The fourth-order valence-electron chi connectivity index (χ4n) is 4.40. The van der Waals surface area contributed by atoms with Crippen LogP contribution in [0.3, 0.4) is 0 Å². The third-order valence-corrected chi connectivity index (χ3v) is 6.41. The van der Waals surface area contributed by atoms with E-state index in [4.69, 9.17) is 31.5 Å². The lowest BCUT2D eigenvalue weighted by molar-refractivity contribution is -0.168. The van der Waals surface area contributed by atoms with Gasteiger partial charge in [0, 0.05) is 6.42 Å². The normalized spacial score (nSPS) is 24.5. The number of hydrogen-bond acceptors (Lipinski definition) is 13. The first kappa shape index (κ1) is 26.1. The van der Waals surface area contributed by atoms with Crippen molar-refractivity contribution in [1.29, 1.82) is 0 Å². The van der Waals surface area contributed by atoms with Gasteiger partial charge >= 0.3 is 5.97 Å². The van der Waals surface area contributed by atoms with Gasteiger partial charge in [-0.05, 0) is 24.1 Å². The molecule has 1 unspecified atom stereocenters. The van der Waals surface area contributed by atoms with Crippen molar-refractivity contribution in [1.82, 2.24) is 19.5 Å². The van der Waals surface area contributed by atoms with E-state index in [1.165, 1.54) is 10.9 Å². The first-order valence-electron chi connectivity index (χ1n) is 11.8. The number of nitrogens with two attached hydrogens (primary N) is 1. The van der Waals surface area contributed by atoms with Gasteiger partial charge < -0.3 is 30.2 Å². The number of rotatable bonds is 9. The molecule has 200 valence electrons. The van der Waals surface area contributed by atoms with Crippen LogP contribution >= 0.6 is 11.6 Å². The van der Waals surface area contributed by atoms with E-state index < -0.39 is 36.1 Å². The number of nitrogen functional groups attached to an aromatic ring is 1.